The molecule has 1 aromatic carbocycles. The Bertz CT molecular complexity index is 1020. The van der Waals surface area contributed by atoms with E-state index < -0.39 is 0 Å². The van der Waals surface area contributed by atoms with E-state index in [4.69, 9.17) is 4.42 Å². The number of amides is 2. The molecule has 0 radical (unpaired) electrons. The third kappa shape index (κ3) is 3.60. The Kier molecular flexibility index (Phi) is 5.05. The quantitative estimate of drug-likeness (QED) is 0.632. The Morgan fingerprint density at radius 2 is 1.93 bits per heavy atom. The second kappa shape index (κ2) is 7.64. The van der Waals surface area contributed by atoms with Crippen LogP contribution >= 0.6 is 11.3 Å². The topological polar surface area (TPSA) is 71.3 Å². The van der Waals surface area contributed by atoms with Crippen molar-refractivity contribution in [3.05, 3.63) is 70.0 Å². The first-order chi connectivity index (χ1) is 13.5. The van der Waals surface area contributed by atoms with Gasteiger partial charge in [-0.1, -0.05) is 25.1 Å². The molecule has 0 saturated heterocycles. The van der Waals surface area contributed by atoms with Gasteiger partial charge in [-0.25, -0.2) is 0 Å². The summed E-state index contributed by atoms with van der Waals surface area (Å²) in [6.07, 6.45) is 4.28. The van der Waals surface area contributed by atoms with E-state index in [2.05, 4.69) is 17.6 Å². The second-order valence-corrected chi connectivity index (χ2v) is 8.36. The lowest BCUT2D eigenvalue weighted by Crippen LogP contribution is -2.19. The summed E-state index contributed by atoms with van der Waals surface area (Å²) >= 11 is 1.50. The number of hydrogen-bond donors (Lipinski definition) is 2. The zero-order valence-corrected chi connectivity index (χ0v) is 16.7. The molecule has 0 spiro atoms. The number of rotatable bonds is 4. The minimum Gasteiger partial charge on any atom is -0.459 e. The van der Waals surface area contributed by atoms with Crippen LogP contribution in [0, 0.1) is 12.8 Å². The first-order valence-electron chi connectivity index (χ1n) is 9.39. The molecular weight excluding hydrogens is 372 g/mol. The van der Waals surface area contributed by atoms with E-state index in [1.807, 2.05) is 31.2 Å². The second-order valence-electron chi connectivity index (χ2n) is 7.26. The van der Waals surface area contributed by atoms with E-state index in [9.17, 15) is 9.59 Å². The molecule has 2 aromatic heterocycles. The number of carbonyl (C=O) groups is 2. The van der Waals surface area contributed by atoms with Gasteiger partial charge >= 0.3 is 0 Å². The lowest BCUT2D eigenvalue weighted by molar-refractivity contribution is 0.0997. The minimum absolute atomic E-state index is 0.184. The number of carbonyl (C=O) groups excluding carboxylic acids is 2. The fourth-order valence-corrected chi connectivity index (χ4v) is 4.95. The summed E-state index contributed by atoms with van der Waals surface area (Å²) in [7, 11) is 0. The van der Waals surface area contributed by atoms with Crippen LogP contribution in [0.3, 0.4) is 0 Å². The molecule has 2 heterocycles. The van der Waals surface area contributed by atoms with Crippen LogP contribution in [0.5, 0.6) is 0 Å². The van der Waals surface area contributed by atoms with Gasteiger partial charge in [-0.3, -0.25) is 9.59 Å². The van der Waals surface area contributed by atoms with Gasteiger partial charge in [0, 0.05) is 10.6 Å². The summed E-state index contributed by atoms with van der Waals surface area (Å²) in [5, 5.41) is 6.50. The Balaban J connectivity index is 1.69. The molecule has 5 nitrogen and oxygen atoms in total. The van der Waals surface area contributed by atoms with Crippen LogP contribution in [-0.4, -0.2) is 11.8 Å². The number of aryl methyl sites for hydroxylation is 1. The third-order valence-corrected chi connectivity index (χ3v) is 6.27. The smallest absolute Gasteiger partial charge is 0.291 e. The molecule has 6 heteroatoms. The molecule has 2 amide bonds. The normalized spacial score (nSPS) is 15.7. The van der Waals surface area contributed by atoms with Gasteiger partial charge in [0.05, 0.1) is 11.8 Å². The summed E-state index contributed by atoms with van der Waals surface area (Å²) in [6.45, 7) is 4.18. The van der Waals surface area contributed by atoms with Gasteiger partial charge in [-0.15, -0.1) is 11.3 Å². The Labute approximate surface area is 167 Å². The molecule has 0 bridgehead atoms. The molecule has 144 valence electrons. The number of fused-ring (bicyclic) bond motifs is 1. The van der Waals surface area contributed by atoms with E-state index >= 15 is 0 Å². The van der Waals surface area contributed by atoms with Gasteiger partial charge in [0.2, 0.25) is 0 Å². The van der Waals surface area contributed by atoms with Crippen molar-refractivity contribution in [3.63, 3.8) is 0 Å². The van der Waals surface area contributed by atoms with E-state index in [-0.39, 0.29) is 17.6 Å². The molecule has 4 rings (SSSR count). The highest BCUT2D eigenvalue weighted by Crippen LogP contribution is 2.40. The summed E-state index contributed by atoms with van der Waals surface area (Å²) in [5.41, 5.74) is 3.41. The van der Waals surface area contributed by atoms with Crippen LogP contribution in [0.2, 0.25) is 0 Å². The number of benzene rings is 1. The third-order valence-electron chi connectivity index (χ3n) is 5.10. The van der Waals surface area contributed by atoms with Crippen molar-refractivity contribution in [2.24, 2.45) is 5.92 Å². The average molecular weight is 394 g/mol. The SMILES string of the molecule is Cc1ccccc1NC(=O)c1c(NC(=O)c2ccco2)sc2c1CC[C@@H](C)C2. The Morgan fingerprint density at radius 3 is 2.68 bits per heavy atom. The molecule has 0 unspecified atom stereocenters. The number of anilines is 2. The van der Waals surface area contributed by atoms with Crippen LogP contribution in [0.15, 0.2) is 47.1 Å². The zero-order valence-electron chi connectivity index (χ0n) is 15.9. The molecule has 3 aromatic rings. The van der Waals surface area contributed by atoms with Crippen molar-refractivity contribution in [2.75, 3.05) is 10.6 Å². The van der Waals surface area contributed by atoms with E-state index in [0.717, 1.165) is 36.1 Å². The molecule has 0 saturated carbocycles. The molecule has 2 N–H and O–H groups in total. The van der Waals surface area contributed by atoms with Crippen molar-refractivity contribution < 1.29 is 14.0 Å². The highest BCUT2D eigenvalue weighted by molar-refractivity contribution is 7.17. The fourth-order valence-electron chi connectivity index (χ4n) is 3.55. The maximum Gasteiger partial charge on any atom is 0.291 e. The molecule has 1 atom stereocenters. The molecule has 1 aliphatic rings. The maximum absolute atomic E-state index is 13.2. The highest BCUT2D eigenvalue weighted by atomic mass is 32.1. The van der Waals surface area contributed by atoms with Crippen molar-refractivity contribution >= 4 is 33.8 Å². The number of nitrogens with one attached hydrogen (secondary N) is 2. The van der Waals surface area contributed by atoms with E-state index in [0.29, 0.717) is 16.5 Å². The van der Waals surface area contributed by atoms with Crippen molar-refractivity contribution in [1.29, 1.82) is 0 Å². The molecule has 0 aliphatic heterocycles. The van der Waals surface area contributed by atoms with Gasteiger partial charge in [0.25, 0.3) is 11.8 Å². The first-order valence-corrected chi connectivity index (χ1v) is 10.2. The van der Waals surface area contributed by atoms with Crippen LogP contribution in [-0.2, 0) is 12.8 Å². The minimum atomic E-state index is -0.346. The van der Waals surface area contributed by atoms with Crippen LogP contribution in [0.25, 0.3) is 0 Å². The summed E-state index contributed by atoms with van der Waals surface area (Å²) in [5.74, 6) is 0.273. The van der Waals surface area contributed by atoms with Crippen molar-refractivity contribution in [2.45, 2.75) is 33.1 Å². The van der Waals surface area contributed by atoms with Crippen LogP contribution in [0.4, 0.5) is 10.7 Å². The first kappa shape index (κ1) is 18.5. The lowest BCUT2D eigenvalue weighted by Gasteiger charge is -2.19. The monoisotopic (exact) mass is 394 g/mol. The maximum atomic E-state index is 13.2. The average Bonchev–Trinajstić information content (AvgIpc) is 3.31. The predicted octanol–water partition coefficient (Wildman–Crippen LogP) is 5.28. The largest absolute Gasteiger partial charge is 0.459 e. The highest BCUT2D eigenvalue weighted by Gasteiger charge is 2.29. The molecule has 28 heavy (non-hydrogen) atoms. The van der Waals surface area contributed by atoms with Gasteiger partial charge in [-0.2, -0.15) is 0 Å². The number of hydrogen-bond acceptors (Lipinski definition) is 4. The molecule has 0 fully saturated rings. The summed E-state index contributed by atoms with van der Waals surface area (Å²) in [4.78, 5) is 26.9. The van der Waals surface area contributed by atoms with Crippen LogP contribution < -0.4 is 10.6 Å². The van der Waals surface area contributed by atoms with Gasteiger partial charge in [0.1, 0.15) is 5.00 Å². The van der Waals surface area contributed by atoms with Gasteiger partial charge in [-0.05, 0) is 61.4 Å². The predicted molar refractivity (Wildman–Crippen MR) is 111 cm³/mol. The number of thiophene rings is 1. The Morgan fingerprint density at radius 1 is 1.11 bits per heavy atom. The van der Waals surface area contributed by atoms with E-state index in [1.165, 1.54) is 22.5 Å². The standard InChI is InChI=1S/C22H22N2O3S/c1-13-9-10-15-18(12-13)28-22(24-20(25)17-8-5-11-27-17)19(15)21(26)23-16-7-4-3-6-14(16)2/h3-8,11,13H,9-10,12H2,1-2H3,(H,23,26)(H,24,25)/t13-/m1/s1. The summed E-state index contributed by atoms with van der Waals surface area (Å²) < 4.78 is 5.19. The van der Waals surface area contributed by atoms with Crippen molar-refractivity contribution in [3.8, 4) is 0 Å². The van der Waals surface area contributed by atoms with Gasteiger partial charge < -0.3 is 15.1 Å². The molecular formula is C22H22N2O3S. The molecule has 1 aliphatic carbocycles. The Hall–Kier alpha value is -2.86. The zero-order chi connectivity index (χ0) is 19.7. The number of furan rings is 1. The lowest BCUT2D eigenvalue weighted by atomic mass is 9.88. The summed E-state index contributed by atoms with van der Waals surface area (Å²) in [6, 6.07) is 11.0. The van der Waals surface area contributed by atoms with Gasteiger partial charge in [0.15, 0.2) is 5.76 Å². The van der Waals surface area contributed by atoms with E-state index in [1.54, 1.807) is 12.1 Å². The van der Waals surface area contributed by atoms with Crippen molar-refractivity contribution in [1.82, 2.24) is 0 Å². The number of para-hydroxylation sites is 1. The van der Waals surface area contributed by atoms with Crippen LogP contribution in [0.1, 0.15) is 50.3 Å². The fraction of sp³-hybridized carbons (Fsp3) is 0.273.